The van der Waals surface area contributed by atoms with E-state index in [1.807, 2.05) is 13.1 Å². The summed E-state index contributed by atoms with van der Waals surface area (Å²) in [7, 11) is 1.85. The number of carboxylic acids is 1. The third-order valence-electron chi connectivity index (χ3n) is 4.09. The number of aliphatic carboxylic acids is 1. The van der Waals surface area contributed by atoms with Crippen molar-refractivity contribution in [1.29, 1.82) is 0 Å². The zero-order valence-corrected chi connectivity index (χ0v) is 12.9. The van der Waals surface area contributed by atoms with Crippen LogP contribution >= 0.6 is 0 Å². The summed E-state index contributed by atoms with van der Waals surface area (Å²) in [4.78, 5) is 24.9. The highest BCUT2D eigenvalue weighted by Gasteiger charge is 2.26. The second-order valence-corrected chi connectivity index (χ2v) is 6.07. The third-order valence-corrected chi connectivity index (χ3v) is 4.09. The Morgan fingerprint density at radius 3 is 2.48 bits per heavy atom. The molecule has 6 nitrogen and oxygen atoms in total. The molecule has 0 aliphatic carbocycles. The Kier molecular flexibility index (Phi) is 4.65. The topological polar surface area (TPSA) is 75.4 Å². The zero-order valence-electron chi connectivity index (χ0n) is 12.9. The minimum absolute atomic E-state index is 0.0497. The largest absolute Gasteiger partial charge is 0.481 e. The Labute approximate surface area is 124 Å². The molecule has 1 aromatic heterocycles. The second-order valence-electron chi connectivity index (χ2n) is 6.07. The third kappa shape index (κ3) is 3.62. The molecule has 1 aliphatic rings. The van der Waals surface area contributed by atoms with Crippen molar-refractivity contribution in [3.63, 3.8) is 0 Å². The van der Waals surface area contributed by atoms with E-state index < -0.39 is 5.97 Å². The monoisotopic (exact) mass is 293 g/mol. The van der Waals surface area contributed by atoms with Gasteiger partial charge in [0.15, 0.2) is 5.69 Å². The van der Waals surface area contributed by atoms with Gasteiger partial charge in [-0.2, -0.15) is 5.10 Å². The summed E-state index contributed by atoms with van der Waals surface area (Å²) in [6.45, 7) is 5.38. The molecule has 0 bridgehead atoms. The highest BCUT2D eigenvalue weighted by atomic mass is 16.4. The molecule has 2 rings (SSSR count). The molecule has 0 unspecified atom stereocenters. The lowest BCUT2D eigenvalue weighted by molar-refractivity contribution is -0.138. The van der Waals surface area contributed by atoms with Crippen molar-refractivity contribution in [2.45, 2.75) is 39.0 Å². The molecule has 116 valence electrons. The molecule has 1 aromatic rings. The molecule has 0 aromatic carbocycles. The summed E-state index contributed by atoms with van der Waals surface area (Å²) in [6.07, 6.45) is 1.70. The first-order valence-corrected chi connectivity index (χ1v) is 7.43. The fraction of sp³-hybridized carbons (Fsp3) is 0.667. The molecular formula is C15H23N3O3. The molecule has 1 saturated heterocycles. The fourth-order valence-electron chi connectivity index (χ4n) is 2.88. The average molecular weight is 293 g/mol. The molecule has 2 heterocycles. The van der Waals surface area contributed by atoms with Crippen LogP contribution in [0.3, 0.4) is 0 Å². The van der Waals surface area contributed by atoms with Crippen LogP contribution < -0.4 is 0 Å². The number of carboxylic acid groups (broad SMARTS) is 1. The van der Waals surface area contributed by atoms with Crippen LogP contribution in [0.4, 0.5) is 0 Å². The van der Waals surface area contributed by atoms with E-state index >= 15 is 0 Å². The molecule has 0 atom stereocenters. The zero-order chi connectivity index (χ0) is 15.6. The summed E-state index contributed by atoms with van der Waals surface area (Å²) < 4.78 is 1.76. The summed E-state index contributed by atoms with van der Waals surface area (Å²) in [6, 6.07) is 1.86. The number of hydrogen-bond acceptors (Lipinski definition) is 3. The molecule has 0 spiro atoms. The molecule has 0 radical (unpaired) electrons. The maximum Gasteiger partial charge on any atom is 0.303 e. The van der Waals surface area contributed by atoms with Crippen molar-refractivity contribution in [3.8, 4) is 0 Å². The number of carbonyl (C=O) groups excluding carboxylic acids is 1. The van der Waals surface area contributed by atoms with Gasteiger partial charge in [0.1, 0.15) is 0 Å². The first-order valence-electron chi connectivity index (χ1n) is 7.43. The lowest BCUT2D eigenvalue weighted by atomic mass is 9.93. The van der Waals surface area contributed by atoms with Crippen molar-refractivity contribution < 1.29 is 14.7 Å². The average Bonchev–Trinajstić information content (AvgIpc) is 2.80. The number of likely N-dealkylation sites (tertiary alicyclic amines) is 1. The number of nitrogens with zero attached hydrogens (tertiary/aromatic N) is 3. The van der Waals surface area contributed by atoms with E-state index in [1.54, 1.807) is 9.58 Å². The summed E-state index contributed by atoms with van der Waals surface area (Å²) in [5, 5.41) is 13.1. The van der Waals surface area contributed by atoms with E-state index in [-0.39, 0.29) is 18.2 Å². The molecule has 1 amide bonds. The Morgan fingerprint density at radius 1 is 1.38 bits per heavy atom. The van der Waals surface area contributed by atoms with Gasteiger partial charge in [0, 0.05) is 32.3 Å². The maximum absolute atomic E-state index is 12.5. The van der Waals surface area contributed by atoms with Crippen LogP contribution in [-0.2, 0) is 11.8 Å². The molecular weight excluding hydrogens is 270 g/mol. The fourth-order valence-corrected chi connectivity index (χ4v) is 2.88. The number of aromatic nitrogens is 2. The van der Waals surface area contributed by atoms with Crippen molar-refractivity contribution in [3.05, 3.63) is 17.5 Å². The van der Waals surface area contributed by atoms with Crippen molar-refractivity contribution in [1.82, 2.24) is 14.7 Å². The van der Waals surface area contributed by atoms with E-state index in [2.05, 4.69) is 18.9 Å². The van der Waals surface area contributed by atoms with Gasteiger partial charge in [-0.1, -0.05) is 13.8 Å². The number of aryl methyl sites for hydroxylation is 1. The van der Waals surface area contributed by atoms with E-state index in [9.17, 15) is 9.59 Å². The van der Waals surface area contributed by atoms with Crippen LogP contribution in [0.25, 0.3) is 0 Å². The van der Waals surface area contributed by atoms with Crippen LogP contribution in [0.1, 0.15) is 55.2 Å². The van der Waals surface area contributed by atoms with Gasteiger partial charge in [-0.3, -0.25) is 14.3 Å². The molecule has 21 heavy (non-hydrogen) atoms. The van der Waals surface area contributed by atoms with Gasteiger partial charge < -0.3 is 10.0 Å². The van der Waals surface area contributed by atoms with Gasteiger partial charge in [-0.05, 0) is 30.7 Å². The normalized spacial score (nSPS) is 16.5. The highest BCUT2D eigenvalue weighted by Crippen LogP contribution is 2.22. The minimum Gasteiger partial charge on any atom is -0.481 e. The number of piperidine rings is 1. The Hall–Kier alpha value is -1.85. The predicted molar refractivity (Wildman–Crippen MR) is 78.2 cm³/mol. The van der Waals surface area contributed by atoms with Crippen LogP contribution in [-0.4, -0.2) is 44.8 Å². The van der Waals surface area contributed by atoms with Gasteiger partial charge in [-0.15, -0.1) is 0 Å². The molecule has 1 aliphatic heterocycles. The maximum atomic E-state index is 12.5. The first-order chi connectivity index (χ1) is 9.88. The van der Waals surface area contributed by atoms with E-state index in [4.69, 9.17) is 5.11 Å². The Morgan fingerprint density at radius 2 is 2.00 bits per heavy atom. The number of hydrogen-bond donors (Lipinski definition) is 1. The van der Waals surface area contributed by atoms with E-state index in [1.165, 1.54) is 0 Å². The van der Waals surface area contributed by atoms with Crippen molar-refractivity contribution in [2.75, 3.05) is 13.1 Å². The smallest absolute Gasteiger partial charge is 0.303 e. The van der Waals surface area contributed by atoms with Gasteiger partial charge >= 0.3 is 5.97 Å². The summed E-state index contributed by atoms with van der Waals surface area (Å²) in [5.74, 6) is -0.302. The minimum atomic E-state index is -0.758. The summed E-state index contributed by atoms with van der Waals surface area (Å²) in [5.41, 5.74) is 1.52. The number of carbonyl (C=O) groups is 2. The Bertz CT molecular complexity index is 528. The summed E-state index contributed by atoms with van der Waals surface area (Å²) >= 11 is 0. The van der Waals surface area contributed by atoms with Crippen LogP contribution in [0.15, 0.2) is 6.07 Å². The highest BCUT2D eigenvalue weighted by molar-refractivity contribution is 5.92. The van der Waals surface area contributed by atoms with Gasteiger partial charge in [-0.25, -0.2) is 0 Å². The molecule has 6 heteroatoms. The van der Waals surface area contributed by atoms with Crippen molar-refractivity contribution >= 4 is 11.9 Å². The van der Waals surface area contributed by atoms with Crippen molar-refractivity contribution in [2.24, 2.45) is 13.0 Å². The predicted octanol–water partition coefficient (Wildman–Crippen LogP) is 1.87. The standard InChI is InChI=1S/C15H23N3O3/c1-10(2)13-9-12(16-17(13)3)15(21)18-6-4-11(5-7-18)8-14(19)20/h9-11H,4-8H2,1-3H3,(H,19,20). The SMILES string of the molecule is CC(C)c1cc(C(=O)N2CCC(CC(=O)O)CC2)nn1C. The molecule has 1 fully saturated rings. The lowest BCUT2D eigenvalue weighted by Crippen LogP contribution is -2.39. The van der Waals surface area contributed by atoms with Crippen LogP contribution in [0, 0.1) is 5.92 Å². The molecule has 0 saturated carbocycles. The first kappa shape index (κ1) is 15.5. The van der Waals surface area contributed by atoms with E-state index in [0.29, 0.717) is 24.7 Å². The van der Waals surface area contributed by atoms with Gasteiger partial charge in [0.05, 0.1) is 0 Å². The Balaban J connectivity index is 1.99. The van der Waals surface area contributed by atoms with Crippen LogP contribution in [0.5, 0.6) is 0 Å². The van der Waals surface area contributed by atoms with Gasteiger partial charge in [0.25, 0.3) is 5.91 Å². The quantitative estimate of drug-likeness (QED) is 0.919. The second kappa shape index (κ2) is 6.28. The lowest BCUT2D eigenvalue weighted by Gasteiger charge is -2.30. The molecule has 1 N–H and O–H groups in total. The van der Waals surface area contributed by atoms with Gasteiger partial charge in [0.2, 0.25) is 0 Å². The number of rotatable bonds is 4. The van der Waals surface area contributed by atoms with E-state index in [0.717, 1.165) is 18.5 Å². The number of amides is 1. The van der Waals surface area contributed by atoms with Crippen LogP contribution in [0.2, 0.25) is 0 Å².